The molecule has 0 aliphatic carbocycles. The molecule has 6 nitrogen and oxygen atoms in total. The van der Waals surface area contributed by atoms with E-state index in [1.54, 1.807) is 0 Å². The molecule has 1 unspecified atom stereocenters. The first-order valence-electron chi connectivity index (χ1n) is 10.6. The third-order valence-corrected chi connectivity index (χ3v) is 6.62. The molecule has 0 saturated carbocycles. The highest BCUT2D eigenvalue weighted by Crippen LogP contribution is 2.17. The number of hydrogen-bond acceptors (Lipinski definition) is 4. The van der Waals surface area contributed by atoms with Gasteiger partial charge >= 0.3 is 0 Å². The Bertz CT molecular complexity index is 654. The van der Waals surface area contributed by atoms with Crippen LogP contribution in [0.4, 0.5) is 0 Å². The van der Waals surface area contributed by atoms with Crippen LogP contribution in [0.25, 0.3) is 0 Å². The van der Waals surface area contributed by atoms with Gasteiger partial charge in [-0.3, -0.25) is 19.7 Å². The van der Waals surface area contributed by atoms with Gasteiger partial charge in [0, 0.05) is 83.1 Å². The molecule has 0 spiro atoms. The lowest BCUT2D eigenvalue weighted by Gasteiger charge is -2.47. The lowest BCUT2D eigenvalue weighted by Crippen LogP contribution is -2.64. The molecule has 1 aromatic rings. The van der Waals surface area contributed by atoms with Crippen LogP contribution >= 0.6 is 35.6 Å². The van der Waals surface area contributed by atoms with Gasteiger partial charge in [0.2, 0.25) is 0 Å². The van der Waals surface area contributed by atoms with Crippen LogP contribution in [-0.2, 0) is 6.54 Å². The lowest BCUT2D eigenvalue weighted by molar-refractivity contribution is 0.0154. The van der Waals surface area contributed by atoms with Gasteiger partial charge in [-0.25, -0.2) is 0 Å². The second-order valence-electron chi connectivity index (χ2n) is 8.26. The highest BCUT2D eigenvalue weighted by Gasteiger charge is 2.31. The van der Waals surface area contributed by atoms with Crippen LogP contribution in [-0.4, -0.2) is 92.1 Å². The average molecular weight is 533 g/mol. The predicted molar refractivity (Wildman–Crippen MR) is 131 cm³/mol. The predicted octanol–water partition coefficient (Wildman–Crippen LogP) is 2.09. The minimum absolute atomic E-state index is 0. The molecule has 8 heteroatoms. The van der Waals surface area contributed by atoms with Crippen LogP contribution < -0.4 is 10.6 Å². The number of piperidine rings is 1. The Morgan fingerprint density at radius 3 is 2.34 bits per heavy atom. The van der Waals surface area contributed by atoms with Crippen LogP contribution in [0.15, 0.2) is 29.3 Å². The van der Waals surface area contributed by atoms with Gasteiger partial charge in [-0.2, -0.15) is 0 Å². The number of rotatable bonds is 5. The molecule has 4 fully saturated rings. The number of likely N-dealkylation sites (tertiary alicyclic amines) is 1. The largest absolute Gasteiger partial charge is 0.355 e. The van der Waals surface area contributed by atoms with Crippen molar-refractivity contribution in [2.24, 2.45) is 4.99 Å². The summed E-state index contributed by atoms with van der Waals surface area (Å²) in [6.45, 7) is 10.3. The third-order valence-electron chi connectivity index (χ3n) is 6.37. The minimum atomic E-state index is 0. The summed E-state index contributed by atoms with van der Waals surface area (Å²) in [6, 6.07) is 9.33. The zero-order valence-corrected chi connectivity index (χ0v) is 20.4. The summed E-state index contributed by atoms with van der Waals surface area (Å²) in [5.41, 5.74) is 1.33. The Kier molecular flexibility index (Phi) is 8.85. The molecule has 1 atom stereocenters. The Hall–Kier alpha value is -0.610. The molecule has 2 N–H and O–H groups in total. The number of halogens is 2. The molecule has 2 bridgehead atoms. The van der Waals surface area contributed by atoms with E-state index in [1.807, 2.05) is 19.2 Å². The van der Waals surface area contributed by atoms with Crippen LogP contribution in [0.1, 0.15) is 18.4 Å². The van der Waals surface area contributed by atoms with E-state index in [2.05, 4.69) is 42.5 Å². The van der Waals surface area contributed by atoms with Crippen LogP contribution in [0.2, 0.25) is 5.02 Å². The molecule has 5 rings (SSSR count). The van der Waals surface area contributed by atoms with Gasteiger partial charge in [0.1, 0.15) is 0 Å². The number of benzene rings is 1. The monoisotopic (exact) mass is 532 g/mol. The molecular weight excluding hydrogens is 499 g/mol. The van der Waals surface area contributed by atoms with Gasteiger partial charge in [0.05, 0.1) is 0 Å². The second kappa shape index (κ2) is 11.1. The van der Waals surface area contributed by atoms with Crippen molar-refractivity contribution in [1.82, 2.24) is 25.3 Å². The van der Waals surface area contributed by atoms with Crippen LogP contribution in [0, 0.1) is 0 Å². The van der Waals surface area contributed by atoms with Crippen LogP contribution in [0.5, 0.6) is 0 Å². The topological polar surface area (TPSA) is 46.1 Å². The highest BCUT2D eigenvalue weighted by molar-refractivity contribution is 14.0. The molecule has 162 valence electrons. The third kappa shape index (κ3) is 6.43. The molecule has 4 aliphatic rings. The normalized spacial score (nSPS) is 28.1. The number of hydrogen-bond donors (Lipinski definition) is 2. The summed E-state index contributed by atoms with van der Waals surface area (Å²) < 4.78 is 0. The first kappa shape index (κ1) is 23.1. The van der Waals surface area contributed by atoms with Crippen molar-refractivity contribution in [3.05, 3.63) is 34.9 Å². The Labute approximate surface area is 197 Å². The maximum atomic E-state index is 5.99. The average Bonchev–Trinajstić information content (AvgIpc) is 2.75. The number of guanidine groups is 1. The van der Waals surface area contributed by atoms with E-state index in [9.17, 15) is 0 Å². The van der Waals surface area contributed by atoms with Gasteiger partial charge in [-0.15, -0.1) is 24.0 Å². The fourth-order valence-corrected chi connectivity index (χ4v) is 4.73. The lowest BCUT2D eigenvalue weighted by atomic mass is 10.0. The second-order valence-corrected chi connectivity index (χ2v) is 8.70. The molecule has 1 aromatic carbocycles. The highest BCUT2D eigenvalue weighted by atomic mass is 127. The Balaban J connectivity index is 0.00000240. The van der Waals surface area contributed by atoms with Gasteiger partial charge in [0.25, 0.3) is 0 Å². The number of nitrogens with one attached hydrogen (secondary N) is 2. The summed E-state index contributed by atoms with van der Waals surface area (Å²) >= 11 is 5.99. The molecule has 4 saturated heterocycles. The van der Waals surface area contributed by atoms with Crippen molar-refractivity contribution >= 4 is 41.5 Å². The minimum Gasteiger partial charge on any atom is -0.355 e. The van der Waals surface area contributed by atoms with Crippen molar-refractivity contribution in [1.29, 1.82) is 0 Å². The maximum absolute atomic E-state index is 5.99. The number of nitrogens with zero attached hydrogens (tertiary/aromatic N) is 4. The van der Waals surface area contributed by atoms with E-state index < -0.39 is 0 Å². The zero-order chi connectivity index (χ0) is 19.3. The van der Waals surface area contributed by atoms with Gasteiger partial charge < -0.3 is 10.6 Å². The summed E-state index contributed by atoms with van der Waals surface area (Å²) in [4.78, 5) is 12.2. The number of piperazine rings is 3. The molecule has 29 heavy (non-hydrogen) atoms. The first-order valence-corrected chi connectivity index (χ1v) is 11.0. The SMILES string of the molecule is CN=C(NCC1CN2CCN1CC2)NC1CCN(Cc2ccc(Cl)cc2)CC1.I. The van der Waals surface area contributed by atoms with Crippen molar-refractivity contribution in [2.45, 2.75) is 31.5 Å². The standard InChI is InChI=1S/C21H33ClN6.HI/c1-23-21(24-14-20-16-27-10-12-28(20)13-11-27)25-19-6-8-26(9-7-19)15-17-2-4-18(22)5-3-17;/h2-5,19-20H,6-16H2,1H3,(H2,23,24,25);1H. The summed E-state index contributed by atoms with van der Waals surface area (Å²) in [5.74, 6) is 0.953. The van der Waals surface area contributed by atoms with E-state index in [1.165, 1.54) is 38.3 Å². The van der Waals surface area contributed by atoms with Crippen molar-refractivity contribution < 1.29 is 0 Å². The van der Waals surface area contributed by atoms with E-state index in [-0.39, 0.29) is 24.0 Å². The summed E-state index contributed by atoms with van der Waals surface area (Å²) in [6.07, 6.45) is 2.30. The molecule has 4 heterocycles. The molecule has 0 radical (unpaired) electrons. The number of fused-ring (bicyclic) bond motifs is 3. The number of aliphatic imine (C=N–C) groups is 1. The Morgan fingerprint density at radius 2 is 1.76 bits per heavy atom. The molecule has 4 aliphatic heterocycles. The quantitative estimate of drug-likeness (QED) is 0.346. The van der Waals surface area contributed by atoms with Crippen molar-refractivity contribution in [2.75, 3.05) is 59.4 Å². The van der Waals surface area contributed by atoms with E-state index >= 15 is 0 Å². The fraction of sp³-hybridized carbons (Fsp3) is 0.667. The smallest absolute Gasteiger partial charge is 0.191 e. The maximum Gasteiger partial charge on any atom is 0.191 e. The van der Waals surface area contributed by atoms with Gasteiger partial charge in [-0.05, 0) is 30.5 Å². The van der Waals surface area contributed by atoms with Crippen LogP contribution in [0.3, 0.4) is 0 Å². The van der Waals surface area contributed by atoms with E-state index in [4.69, 9.17) is 11.6 Å². The molecule has 0 aromatic heterocycles. The Morgan fingerprint density at radius 1 is 1.07 bits per heavy atom. The molecular formula is C21H34ClIN6. The van der Waals surface area contributed by atoms with Crippen molar-refractivity contribution in [3.8, 4) is 0 Å². The summed E-state index contributed by atoms with van der Waals surface area (Å²) in [7, 11) is 1.88. The van der Waals surface area contributed by atoms with E-state index in [0.29, 0.717) is 12.1 Å². The summed E-state index contributed by atoms with van der Waals surface area (Å²) in [5, 5.41) is 8.02. The van der Waals surface area contributed by atoms with Gasteiger partial charge in [-0.1, -0.05) is 23.7 Å². The van der Waals surface area contributed by atoms with Crippen molar-refractivity contribution in [3.63, 3.8) is 0 Å². The molecule has 0 amide bonds. The zero-order valence-electron chi connectivity index (χ0n) is 17.3. The van der Waals surface area contributed by atoms with Gasteiger partial charge in [0.15, 0.2) is 5.96 Å². The first-order chi connectivity index (χ1) is 13.7. The van der Waals surface area contributed by atoms with E-state index in [0.717, 1.165) is 50.0 Å². The fourth-order valence-electron chi connectivity index (χ4n) is 4.60.